The van der Waals surface area contributed by atoms with Gasteiger partial charge < -0.3 is 5.11 Å². The molecule has 0 aliphatic carbocycles. The molecule has 1 amide bonds. The standard InChI is InChI=1S/C28H22FN3O4/c1-17-23(27(35)32(30(17)2)19-13-7-4-8-14-19)31-24(20-15-9-10-16-21(20)29)22(26(34)28(31)36)25(33)18-11-5-3-6-12-18/h3-16,24,33H,1-2H3/b25-22+/t24-/m1/s1. The number of para-hydroxylation sites is 1. The fourth-order valence-corrected chi connectivity index (χ4v) is 4.64. The molecule has 1 aromatic heterocycles. The van der Waals surface area contributed by atoms with E-state index in [9.17, 15) is 19.5 Å². The van der Waals surface area contributed by atoms with Crippen LogP contribution in [0.3, 0.4) is 0 Å². The van der Waals surface area contributed by atoms with E-state index in [4.69, 9.17) is 0 Å². The summed E-state index contributed by atoms with van der Waals surface area (Å²) in [5, 5.41) is 11.1. The SMILES string of the molecule is Cc1c(N2C(=O)C(=O)/C(=C(/O)c3ccccc3)[C@H]2c2ccccc2F)c(=O)n(-c2ccccc2)n1C. The first-order valence-corrected chi connectivity index (χ1v) is 11.3. The quantitative estimate of drug-likeness (QED) is 0.267. The van der Waals surface area contributed by atoms with Crippen LogP contribution < -0.4 is 10.5 Å². The molecule has 1 aliphatic heterocycles. The number of benzene rings is 3. The van der Waals surface area contributed by atoms with Crippen LogP contribution in [0.4, 0.5) is 10.1 Å². The summed E-state index contributed by atoms with van der Waals surface area (Å²) >= 11 is 0. The van der Waals surface area contributed by atoms with Crippen molar-refractivity contribution in [1.29, 1.82) is 0 Å². The largest absolute Gasteiger partial charge is 0.507 e. The fraction of sp³-hybridized carbons (Fsp3) is 0.107. The first-order chi connectivity index (χ1) is 17.3. The van der Waals surface area contributed by atoms with Gasteiger partial charge in [-0.1, -0.05) is 66.7 Å². The van der Waals surface area contributed by atoms with Gasteiger partial charge in [-0.2, -0.15) is 0 Å². The van der Waals surface area contributed by atoms with Gasteiger partial charge in [0.05, 0.1) is 23.0 Å². The number of carbonyl (C=O) groups is 2. The molecule has 0 radical (unpaired) electrons. The molecule has 2 heterocycles. The molecule has 8 heteroatoms. The molecule has 7 nitrogen and oxygen atoms in total. The topological polar surface area (TPSA) is 84.5 Å². The van der Waals surface area contributed by atoms with Crippen LogP contribution in [0.15, 0.2) is 95.3 Å². The van der Waals surface area contributed by atoms with E-state index in [2.05, 4.69) is 0 Å². The Labute approximate surface area is 205 Å². The second-order valence-corrected chi connectivity index (χ2v) is 8.47. The van der Waals surface area contributed by atoms with Gasteiger partial charge in [0.2, 0.25) is 0 Å². The fourth-order valence-electron chi connectivity index (χ4n) is 4.64. The summed E-state index contributed by atoms with van der Waals surface area (Å²) in [6.45, 7) is 1.64. The lowest BCUT2D eigenvalue weighted by Crippen LogP contribution is -2.34. The van der Waals surface area contributed by atoms with Crippen molar-refractivity contribution in [2.45, 2.75) is 13.0 Å². The second kappa shape index (κ2) is 8.81. The Bertz CT molecular complexity index is 1590. The molecule has 36 heavy (non-hydrogen) atoms. The normalized spacial score (nSPS) is 17.1. The van der Waals surface area contributed by atoms with Gasteiger partial charge in [-0.15, -0.1) is 0 Å². The number of nitrogens with zero attached hydrogens (tertiary/aromatic N) is 3. The summed E-state index contributed by atoms with van der Waals surface area (Å²) in [5.41, 5.74) is 0.332. The van der Waals surface area contributed by atoms with Crippen LogP contribution in [-0.2, 0) is 16.6 Å². The Hall–Kier alpha value is -4.72. The van der Waals surface area contributed by atoms with Crippen LogP contribution in [0.25, 0.3) is 11.4 Å². The third-order valence-electron chi connectivity index (χ3n) is 6.46. The smallest absolute Gasteiger partial charge is 0.300 e. The van der Waals surface area contributed by atoms with E-state index in [-0.39, 0.29) is 16.8 Å². The van der Waals surface area contributed by atoms with E-state index in [1.165, 1.54) is 22.9 Å². The number of amides is 1. The zero-order chi connectivity index (χ0) is 25.6. The molecule has 5 rings (SSSR count). The summed E-state index contributed by atoms with van der Waals surface area (Å²) in [6.07, 6.45) is 0. The third-order valence-corrected chi connectivity index (χ3v) is 6.46. The van der Waals surface area contributed by atoms with Crippen molar-refractivity contribution in [1.82, 2.24) is 9.36 Å². The Morgan fingerprint density at radius 1 is 0.861 bits per heavy atom. The van der Waals surface area contributed by atoms with Gasteiger partial charge >= 0.3 is 0 Å². The van der Waals surface area contributed by atoms with Gasteiger partial charge in [0.25, 0.3) is 17.2 Å². The highest BCUT2D eigenvalue weighted by molar-refractivity contribution is 6.51. The molecule has 0 unspecified atom stereocenters. The average molecular weight is 483 g/mol. The van der Waals surface area contributed by atoms with E-state index in [1.54, 1.807) is 79.3 Å². The Morgan fingerprint density at radius 3 is 2.08 bits per heavy atom. The van der Waals surface area contributed by atoms with E-state index in [0.29, 0.717) is 16.9 Å². The van der Waals surface area contributed by atoms with Gasteiger partial charge in [0.15, 0.2) is 0 Å². The lowest BCUT2D eigenvalue weighted by molar-refractivity contribution is -0.132. The van der Waals surface area contributed by atoms with Crippen LogP contribution in [0.2, 0.25) is 0 Å². The molecule has 0 spiro atoms. The predicted molar refractivity (Wildman–Crippen MR) is 133 cm³/mol. The van der Waals surface area contributed by atoms with Crippen LogP contribution in [-0.4, -0.2) is 26.2 Å². The van der Waals surface area contributed by atoms with Crippen LogP contribution in [0.1, 0.15) is 22.9 Å². The van der Waals surface area contributed by atoms with E-state index >= 15 is 4.39 Å². The summed E-state index contributed by atoms with van der Waals surface area (Å²) in [5.74, 6) is -3.14. The number of Topliss-reactive ketones (excluding diaryl/α,β-unsaturated/α-hetero) is 1. The minimum absolute atomic E-state index is 0.0110. The first kappa shape index (κ1) is 23.0. The molecular weight excluding hydrogens is 461 g/mol. The molecule has 1 aliphatic rings. The number of ketones is 1. The zero-order valence-electron chi connectivity index (χ0n) is 19.6. The van der Waals surface area contributed by atoms with Crippen molar-refractivity contribution in [2.24, 2.45) is 7.05 Å². The summed E-state index contributed by atoms with van der Waals surface area (Å²) in [7, 11) is 1.66. The number of hydrogen-bond acceptors (Lipinski definition) is 4. The molecule has 180 valence electrons. The zero-order valence-corrected chi connectivity index (χ0v) is 19.6. The number of aliphatic hydroxyl groups is 1. The molecule has 3 aromatic carbocycles. The van der Waals surface area contributed by atoms with Crippen LogP contribution in [0, 0.1) is 12.7 Å². The maximum absolute atomic E-state index is 15.1. The summed E-state index contributed by atoms with van der Waals surface area (Å²) < 4.78 is 18.1. The van der Waals surface area contributed by atoms with Crippen molar-refractivity contribution >= 4 is 23.1 Å². The highest BCUT2D eigenvalue weighted by Gasteiger charge is 2.49. The van der Waals surface area contributed by atoms with Gasteiger partial charge in [-0.05, 0) is 25.1 Å². The highest BCUT2D eigenvalue weighted by atomic mass is 19.1. The van der Waals surface area contributed by atoms with Crippen molar-refractivity contribution in [2.75, 3.05) is 4.90 Å². The molecule has 0 bridgehead atoms. The number of aliphatic hydroxyl groups excluding tert-OH is 1. The predicted octanol–water partition coefficient (Wildman–Crippen LogP) is 4.25. The van der Waals surface area contributed by atoms with E-state index in [0.717, 1.165) is 4.90 Å². The second-order valence-electron chi connectivity index (χ2n) is 8.47. The van der Waals surface area contributed by atoms with Crippen molar-refractivity contribution < 1.29 is 19.1 Å². The number of aromatic nitrogens is 2. The maximum Gasteiger partial charge on any atom is 0.300 e. The first-order valence-electron chi connectivity index (χ1n) is 11.3. The number of hydrogen-bond donors (Lipinski definition) is 1. The molecule has 1 N–H and O–H groups in total. The van der Waals surface area contributed by atoms with E-state index in [1.807, 2.05) is 6.07 Å². The molecule has 1 saturated heterocycles. The minimum Gasteiger partial charge on any atom is -0.507 e. The Morgan fingerprint density at radius 2 is 1.44 bits per heavy atom. The van der Waals surface area contributed by atoms with Crippen molar-refractivity contribution in [3.05, 3.63) is 123 Å². The van der Waals surface area contributed by atoms with Crippen molar-refractivity contribution in [3.63, 3.8) is 0 Å². The molecule has 1 fully saturated rings. The number of rotatable bonds is 4. The molecule has 4 aromatic rings. The number of halogens is 1. The third kappa shape index (κ3) is 3.46. The Balaban J connectivity index is 1.81. The molecule has 0 saturated carbocycles. The average Bonchev–Trinajstić information content (AvgIpc) is 3.27. The lowest BCUT2D eigenvalue weighted by atomic mass is 9.95. The summed E-state index contributed by atoms with van der Waals surface area (Å²) in [4.78, 5) is 41.5. The monoisotopic (exact) mass is 483 g/mol. The van der Waals surface area contributed by atoms with Crippen molar-refractivity contribution in [3.8, 4) is 5.69 Å². The summed E-state index contributed by atoms with van der Waals surface area (Å²) in [6, 6.07) is 21.4. The van der Waals surface area contributed by atoms with Crippen LogP contribution >= 0.6 is 0 Å². The van der Waals surface area contributed by atoms with Gasteiger partial charge in [0, 0.05) is 18.2 Å². The molecular formula is C28H22FN3O4. The van der Waals surface area contributed by atoms with E-state index < -0.39 is 34.9 Å². The number of carbonyl (C=O) groups excluding carboxylic acids is 2. The Kier molecular flexibility index (Phi) is 5.64. The minimum atomic E-state index is -1.34. The van der Waals surface area contributed by atoms with Gasteiger partial charge in [-0.3, -0.25) is 24.0 Å². The lowest BCUT2D eigenvalue weighted by Gasteiger charge is -2.24. The highest BCUT2D eigenvalue weighted by Crippen LogP contribution is 2.43. The van der Waals surface area contributed by atoms with Crippen LogP contribution in [0.5, 0.6) is 0 Å². The number of anilines is 1. The van der Waals surface area contributed by atoms with Gasteiger partial charge in [0.1, 0.15) is 17.3 Å². The van der Waals surface area contributed by atoms with Gasteiger partial charge in [-0.25, -0.2) is 9.07 Å². The maximum atomic E-state index is 15.1. The molecule has 1 atom stereocenters.